The normalized spacial score (nSPS) is 22.3. The first-order chi connectivity index (χ1) is 13.6. The van der Waals surface area contributed by atoms with Crippen LogP contribution >= 0.6 is 35.0 Å². The molecule has 0 heterocycles. The minimum atomic E-state index is -4.23. The van der Waals surface area contributed by atoms with Crippen molar-refractivity contribution < 1.29 is 23.1 Å². The Hall–Kier alpha value is -0.630. The molecule has 0 saturated heterocycles. The molecule has 0 spiro atoms. The first-order valence-corrected chi connectivity index (χ1v) is 11.6. The van der Waals surface area contributed by atoms with Crippen molar-refractivity contribution in [2.45, 2.75) is 56.7 Å². The van der Waals surface area contributed by atoms with E-state index in [1.807, 2.05) is 6.07 Å². The molecule has 3 N–H and O–H groups in total. The first-order valence-electron chi connectivity index (χ1n) is 9.67. The minimum absolute atomic E-state index is 0.0491. The molecule has 29 heavy (non-hydrogen) atoms. The number of carboxylic acids is 1. The van der Waals surface area contributed by atoms with Gasteiger partial charge in [0.2, 0.25) is 0 Å². The lowest BCUT2D eigenvalue weighted by atomic mass is 9.73. The van der Waals surface area contributed by atoms with Crippen LogP contribution in [0.15, 0.2) is 18.2 Å². The van der Waals surface area contributed by atoms with Crippen LogP contribution in [-0.2, 0) is 4.79 Å². The Morgan fingerprint density at radius 2 is 1.79 bits per heavy atom. The van der Waals surface area contributed by atoms with Crippen molar-refractivity contribution in [2.24, 2.45) is 17.6 Å². The van der Waals surface area contributed by atoms with Crippen LogP contribution in [0.5, 0.6) is 0 Å². The lowest BCUT2D eigenvalue weighted by Gasteiger charge is -2.35. The van der Waals surface area contributed by atoms with Crippen LogP contribution in [0.4, 0.5) is 13.2 Å². The van der Waals surface area contributed by atoms with Gasteiger partial charge < -0.3 is 10.8 Å². The van der Waals surface area contributed by atoms with E-state index in [0.717, 1.165) is 5.56 Å². The number of nitrogens with two attached hydrogens (primary N) is 1. The largest absolute Gasteiger partial charge is 0.480 e. The second-order valence-corrected chi connectivity index (χ2v) is 9.63. The maximum Gasteiger partial charge on any atom is 0.392 e. The maximum absolute atomic E-state index is 13.6. The highest BCUT2D eigenvalue weighted by molar-refractivity contribution is 7.99. The summed E-state index contributed by atoms with van der Waals surface area (Å²) in [6.07, 6.45) is -1.53. The fourth-order valence-electron chi connectivity index (χ4n) is 3.98. The molecule has 9 heteroatoms. The van der Waals surface area contributed by atoms with Crippen molar-refractivity contribution in [3.63, 3.8) is 0 Å². The Morgan fingerprint density at radius 1 is 1.17 bits per heavy atom. The summed E-state index contributed by atoms with van der Waals surface area (Å²) in [5, 5.41) is 9.86. The van der Waals surface area contributed by atoms with Crippen LogP contribution in [0.1, 0.15) is 50.0 Å². The number of hydrogen-bond donors (Lipinski definition) is 2. The number of alkyl halides is 3. The van der Waals surface area contributed by atoms with E-state index >= 15 is 0 Å². The molecule has 2 unspecified atom stereocenters. The summed E-state index contributed by atoms with van der Waals surface area (Å²) in [7, 11) is 0. The Kier molecular flexibility index (Phi) is 9.45. The van der Waals surface area contributed by atoms with Crippen LogP contribution < -0.4 is 5.73 Å². The van der Waals surface area contributed by atoms with Crippen LogP contribution in [-0.4, -0.2) is 34.8 Å². The molecule has 3 nitrogen and oxygen atoms in total. The summed E-state index contributed by atoms with van der Waals surface area (Å²) < 4.78 is 40.9. The topological polar surface area (TPSA) is 63.3 Å². The molecular weight excluding hydrogens is 446 g/mol. The summed E-state index contributed by atoms with van der Waals surface area (Å²) in [6, 6.07) is 4.35. The van der Waals surface area contributed by atoms with Gasteiger partial charge in [-0.25, -0.2) is 0 Å². The first kappa shape index (κ1) is 24.6. The smallest absolute Gasteiger partial charge is 0.392 e. The monoisotopic (exact) mass is 471 g/mol. The van der Waals surface area contributed by atoms with Crippen molar-refractivity contribution in [2.75, 3.05) is 11.5 Å². The zero-order valence-electron chi connectivity index (χ0n) is 15.9. The maximum atomic E-state index is 13.6. The fraction of sp³-hybridized carbons (Fsp3) is 0.650. The summed E-state index contributed by atoms with van der Waals surface area (Å²) >= 11 is 13.5. The molecule has 1 fully saturated rings. The van der Waals surface area contributed by atoms with Gasteiger partial charge in [0.1, 0.15) is 6.04 Å². The molecule has 1 aromatic carbocycles. The van der Waals surface area contributed by atoms with Gasteiger partial charge in [0.25, 0.3) is 0 Å². The standard InChI is InChI=1S/C20H26Cl2F3NO2S/c21-14-5-6-15(17(22)11-14)12-1-3-13(4-2-12)16(20(23,24)25)7-9-29-10-8-18(26)19(27)28/h5-6,11-13,16,18H,1-4,7-10,26H2,(H,27,28). The lowest BCUT2D eigenvalue weighted by Crippen LogP contribution is -2.33. The van der Waals surface area contributed by atoms with E-state index in [2.05, 4.69) is 0 Å². The predicted molar refractivity (Wildman–Crippen MR) is 113 cm³/mol. The number of carboxylic acid groups (broad SMARTS) is 1. The number of halogens is 5. The molecule has 0 bridgehead atoms. The van der Waals surface area contributed by atoms with Gasteiger partial charge in [-0.15, -0.1) is 0 Å². The summed E-state index contributed by atoms with van der Waals surface area (Å²) in [6.45, 7) is 0. The third-order valence-corrected chi connectivity index (χ3v) is 7.24. The molecule has 1 saturated carbocycles. The Labute approximate surface area is 183 Å². The molecular formula is C20H26Cl2F3NO2S. The van der Waals surface area contributed by atoms with Crippen molar-refractivity contribution >= 4 is 40.9 Å². The van der Waals surface area contributed by atoms with Crippen LogP contribution in [0.2, 0.25) is 10.0 Å². The highest BCUT2D eigenvalue weighted by Crippen LogP contribution is 2.46. The van der Waals surface area contributed by atoms with Crippen molar-refractivity contribution in [1.29, 1.82) is 0 Å². The Balaban J connectivity index is 1.86. The van der Waals surface area contributed by atoms with Gasteiger partial charge in [0.05, 0.1) is 5.92 Å². The highest BCUT2D eigenvalue weighted by atomic mass is 35.5. The number of thioether (sulfide) groups is 1. The van der Waals surface area contributed by atoms with E-state index in [0.29, 0.717) is 47.2 Å². The van der Waals surface area contributed by atoms with Gasteiger partial charge in [-0.3, -0.25) is 4.79 Å². The van der Waals surface area contributed by atoms with Gasteiger partial charge in [-0.1, -0.05) is 29.3 Å². The molecule has 2 rings (SSSR count). The average Bonchev–Trinajstić information content (AvgIpc) is 2.63. The molecule has 0 aromatic heterocycles. The average molecular weight is 472 g/mol. The van der Waals surface area contributed by atoms with Crippen LogP contribution in [0.25, 0.3) is 0 Å². The number of hydrogen-bond acceptors (Lipinski definition) is 3. The molecule has 1 aliphatic rings. The molecule has 164 valence electrons. The van der Waals surface area contributed by atoms with Gasteiger partial charge in [-0.2, -0.15) is 24.9 Å². The van der Waals surface area contributed by atoms with Gasteiger partial charge in [0.15, 0.2) is 0 Å². The van der Waals surface area contributed by atoms with Gasteiger partial charge >= 0.3 is 12.1 Å². The third kappa shape index (κ3) is 7.53. The predicted octanol–water partition coefficient (Wildman–Crippen LogP) is 6.37. The van der Waals surface area contributed by atoms with Crippen LogP contribution in [0.3, 0.4) is 0 Å². The number of aliphatic carboxylic acids is 1. The molecule has 0 radical (unpaired) electrons. The second kappa shape index (κ2) is 11.1. The molecule has 1 aliphatic carbocycles. The van der Waals surface area contributed by atoms with Crippen molar-refractivity contribution in [3.05, 3.63) is 33.8 Å². The minimum Gasteiger partial charge on any atom is -0.480 e. The summed E-state index contributed by atoms with van der Waals surface area (Å²) in [5.74, 6) is -1.85. The Bertz CT molecular complexity index is 682. The van der Waals surface area contributed by atoms with E-state index in [9.17, 15) is 18.0 Å². The molecule has 0 amide bonds. The third-order valence-electron chi connectivity index (χ3n) is 5.63. The molecule has 1 aromatic rings. The van der Waals surface area contributed by atoms with Crippen LogP contribution in [0, 0.1) is 11.8 Å². The van der Waals surface area contributed by atoms with Crippen molar-refractivity contribution in [3.8, 4) is 0 Å². The van der Waals surface area contributed by atoms with Crippen molar-refractivity contribution in [1.82, 2.24) is 0 Å². The quantitative estimate of drug-likeness (QED) is 0.410. The number of benzene rings is 1. The zero-order chi connectivity index (χ0) is 21.6. The fourth-order valence-corrected chi connectivity index (χ4v) is 5.59. The van der Waals surface area contributed by atoms with E-state index in [-0.39, 0.29) is 24.7 Å². The SMILES string of the molecule is NC(CCSCCC(C1CCC(c2ccc(Cl)cc2Cl)CC1)C(F)(F)F)C(=O)O. The van der Waals surface area contributed by atoms with Gasteiger partial charge in [0, 0.05) is 10.0 Å². The molecule has 0 aliphatic heterocycles. The number of carbonyl (C=O) groups is 1. The summed E-state index contributed by atoms with van der Waals surface area (Å²) in [5.41, 5.74) is 6.38. The molecule has 2 atom stereocenters. The highest BCUT2D eigenvalue weighted by Gasteiger charge is 2.45. The lowest BCUT2D eigenvalue weighted by molar-refractivity contribution is -0.192. The second-order valence-electron chi connectivity index (χ2n) is 7.56. The Morgan fingerprint density at radius 3 is 2.34 bits per heavy atom. The van der Waals surface area contributed by atoms with E-state index in [1.54, 1.807) is 12.1 Å². The van der Waals surface area contributed by atoms with E-state index < -0.39 is 24.1 Å². The zero-order valence-corrected chi connectivity index (χ0v) is 18.3. The van der Waals surface area contributed by atoms with E-state index in [1.165, 1.54) is 11.8 Å². The summed E-state index contributed by atoms with van der Waals surface area (Å²) in [4.78, 5) is 10.7. The number of rotatable bonds is 9. The van der Waals surface area contributed by atoms with Gasteiger partial charge in [-0.05, 0) is 79.6 Å². The van der Waals surface area contributed by atoms with E-state index in [4.69, 9.17) is 34.0 Å².